The molecule has 2 aromatic heterocycles. The van der Waals surface area contributed by atoms with Gasteiger partial charge < -0.3 is 10.2 Å². The molecule has 0 atom stereocenters. The summed E-state index contributed by atoms with van der Waals surface area (Å²) in [6.45, 7) is 9.91. The zero-order chi connectivity index (χ0) is 22.1. The number of rotatable bonds is 6. The molecule has 31 heavy (non-hydrogen) atoms. The summed E-state index contributed by atoms with van der Waals surface area (Å²) in [6.07, 6.45) is 2.30. The minimum Gasteiger partial charge on any atom is -0.348 e. The number of amides is 1. The molecule has 9 heteroatoms. The average molecular weight is 458 g/mol. The Labute approximate surface area is 189 Å². The maximum absolute atomic E-state index is 13.2. The molecule has 0 bridgehead atoms. The van der Waals surface area contributed by atoms with Crippen LogP contribution >= 0.6 is 23.1 Å². The number of benzene rings is 1. The van der Waals surface area contributed by atoms with Crippen molar-refractivity contribution >= 4 is 50.2 Å². The van der Waals surface area contributed by atoms with E-state index in [9.17, 15) is 9.59 Å². The Balaban J connectivity index is 1.56. The third kappa shape index (κ3) is 4.62. The van der Waals surface area contributed by atoms with E-state index < -0.39 is 0 Å². The Morgan fingerprint density at radius 2 is 1.94 bits per heavy atom. The number of aryl methyl sites for hydroxylation is 2. The van der Waals surface area contributed by atoms with Crippen molar-refractivity contribution in [2.45, 2.75) is 51.7 Å². The summed E-state index contributed by atoms with van der Waals surface area (Å²) in [5.41, 5.74) is 3.48. The summed E-state index contributed by atoms with van der Waals surface area (Å²) >= 11 is 2.69. The van der Waals surface area contributed by atoms with Gasteiger partial charge in [0.1, 0.15) is 4.70 Å². The summed E-state index contributed by atoms with van der Waals surface area (Å²) in [4.78, 5) is 37.2. The molecule has 1 aliphatic heterocycles. The molecule has 0 spiro atoms. The summed E-state index contributed by atoms with van der Waals surface area (Å²) in [6, 6.07) is 5.78. The molecule has 3 aromatic rings. The Morgan fingerprint density at radius 3 is 2.61 bits per heavy atom. The maximum Gasteiger partial charge on any atom is 0.274 e. The number of nitrogens with one attached hydrogen (secondary N) is 1. The van der Waals surface area contributed by atoms with Gasteiger partial charge in [0, 0.05) is 24.8 Å². The molecule has 1 aliphatic rings. The van der Waals surface area contributed by atoms with Gasteiger partial charge in [0.05, 0.1) is 5.75 Å². The molecule has 1 fully saturated rings. The largest absolute Gasteiger partial charge is 0.348 e. The van der Waals surface area contributed by atoms with E-state index in [1.165, 1.54) is 28.7 Å². The van der Waals surface area contributed by atoms with Crippen molar-refractivity contribution in [2.75, 3.05) is 29.1 Å². The number of hydrogen-bond donors (Lipinski definition) is 1. The molecule has 1 N–H and O–H groups in total. The summed E-state index contributed by atoms with van der Waals surface area (Å²) in [5.74, 6) is 0.0368. The van der Waals surface area contributed by atoms with Crippen LogP contribution in [0.15, 0.2) is 28.2 Å². The van der Waals surface area contributed by atoms with Crippen LogP contribution in [0.25, 0.3) is 10.3 Å². The van der Waals surface area contributed by atoms with Gasteiger partial charge in [-0.1, -0.05) is 29.2 Å². The number of aromatic nitrogens is 3. The lowest BCUT2D eigenvalue weighted by atomic mass is 10.1. The zero-order valence-electron chi connectivity index (χ0n) is 18.3. The van der Waals surface area contributed by atoms with Crippen molar-refractivity contribution < 1.29 is 4.79 Å². The normalized spacial score (nSPS) is 14.0. The highest BCUT2D eigenvalue weighted by Gasteiger charge is 2.22. The fourth-order valence-corrected chi connectivity index (χ4v) is 5.51. The molecule has 4 rings (SSSR count). The number of hydrogen-bond acceptors (Lipinski definition) is 7. The van der Waals surface area contributed by atoms with Gasteiger partial charge in [0.25, 0.3) is 5.56 Å². The van der Waals surface area contributed by atoms with Crippen LogP contribution < -0.4 is 15.8 Å². The topological polar surface area (TPSA) is 80.1 Å². The molecule has 1 amide bonds. The Morgan fingerprint density at radius 1 is 1.19 bits per heavy atom. The Hall–Kier alpha value is -2.39. The van der Waals surface area contributed by atoms with Crippen molar-refractivity contribution in [1.82, 2.24) is 14.5 Å². The quantitative estimate of drug-likeness (QED) is 0.437. The molecule has 3 heterocycles. The third-order valence-corrected chi connectivity index (χ3v) is 7.48. The van der Waals surface area contributed by atoms with Crippen molar-refractivity contribution in [3.8, 4) is 0 Å². The van der Waals surface area contributed by atoms with Crippen molar-refractivity contribution in [3.05, 3.63) is 39.7 Å². The Kier molecular flexibility index (Phi) is 6.34. The van der Waals surface area contributed by atoms with Crippen LogP contribution in [0.2, 0.25) is 0 Å². The van der Waals surface area contributed by atoms with Crippen LogP contribution in [0.4, 0.5) is 10.8 Å². The first kappa shape index (κ1) is 21.8. The summed E-state index contributed by atoms with van der Waals surface area (Å²) in [7, 11) is 0. The van der Waals surface area contributed by atoms with Crippen LogP contribution in [-0.4, -0.2) is 39.3 Å². The van der Waals surface area contributed by atoms with Crippen molar-refractivity contribution in [3.63, 3.8) is 0 Å². The SMILES string of the molecule is Cc1ccc(NC(=O)CSc2nc3nc(N4CCCC4)sc3c(=O)n2C(C)C)cc1C. The highest BCUT2D eigenvalue weighted by atomic mass is 32.2. The molecule has 0 unspecified atom stereocenters. The molecule has 0 aliphatic carbocycles. The average Bonchev–Trinajstić information content (AvgIpc) is 3.38. The van der Waals surface area contributed by atoms with Gasteiger partial charge in [-0.25, -0.2) is 4.98 Å². The van der Waals surface area contributed by atoms with Gasteiger partial charge in [-0.05, 0) is 63.8 Å². The van der Waals surface area contributed by atoms with E-state index in [1.807, 2.05) is 45.9 Å². The molecular weight excluding hydrogens is 430 g/mol. The molecule has 1 aromatic carbocycles. The number of thioether (sulfide) groups is 1. The second kappa shape index (κ2) is 9.00. The van der Waals surface area contributed by atoms with Crippen molar-refractivity contribution in [1.29, 1.82) is 0 Å². The molecule has 1 saturated heterocycles. The predicted molar refractivity (Wildman–Crippen MR) is 129 cm³/mol. The molecule has 0 radical (unpaired) electrons. The van der Waals surface area contributed by atoms with E-state index in [2.05, 4.69) is 20.2 Å². The van der Waals surface area contributed by atoms with E-state index in [0.29, 0.717) is 15.5 Å². The van der Waals surface area contributed by atoms with Gasteiger partial charge in [0.15, 0.2) is 15.9 Å². The maximum atomic E-state index is 13.2. The van der Waals surface area contributed by atoms with E-state index in [-0.39, 0.29) is 23.3 Å². The number of nitrogens with zero attached hydrogens (tertiary/aromatic N) is 4. The fraction of sp³-hybridized carbons (Fsp3) is 0.455. The van der Waals surface area contributed by atoms with Crippen LogP contribution in [-0.2, 0) is 4.79 Å². The minimum atomic E-state index is -0.131. The first-order chi connectivity index (χ1) is 14.8. The number of thiazole rings is 1. The minimum absolute atomic E-state index is 0.0629. The predicted octanol–water partition coefficient (Wildman–Crippen LogP) is 4.38. The second-order valence-electron chi connectivity index (χ2n) is 8.14. The monoisotopic (exact) mass is 457 g/mol. The van der Waals surface area contributed by atoms with Crippen LogP contribution in [0, 0.1) is 13.8 Å². The number of anilines is 2. The lowest BCUT2D eigenvalue weighted by Gasteiger charge is -2.14. The van der Waals surface area contributed by atoms with Crippen molar-refractivity contribution in [2.24, 2.45) is 0 Å². The van der Waals surface area contributed by atoms with Crippen LogP contribution in [0.3, 0.4) is 0 Å². The summed E-state index contributed by atoms with van der Waals surface area (Å²) < 4.78 is 2.25. The molecule has 0 saturated carbocycles. The van der Waals surface area contributed by atoms with Gasteiger partial charge in [-0.3, -0.25) is 14.2 Å². The smallest absolute Gasteiger partial charge is 0.274 e. The standard InChI is InChI=1S/C22H27N5O2S2/c1-13(2)27-20(29)18-19(24-21(31-18)26-9-5-6-10-26)25-22(27)30-12-17(28)23-16-8-7-14(3)15(4)11-16/h7-8,11,13H,5-6,9-10,12H2,1-4H3,(H,23,28). The number of carbonyl (C=O) groups is 1. The van der Waals surface area contributed by atoms with Gasteiger partial charge in [-0.2, -0.15) is 4.98 Å². The first-order valence-electron chi connectivity index (χ1n) is 10.5. The lowest BCUT2D eigenvalue weighted by Crippen LogP contribution is -2.25. The fourth-order valence-electron chi connectivity index (χ4n) is 3.60. The highest BCUT2D eigenvalue weighted by molar-refractivity contribution is 7.99. The zero-order valence-corrected chi connectivity index (χ0v) is 19.9. The lowest BCUT2D eigenvalue weighted by molar-refractivity contribution is -0.113. The van der Waals surface area contributed by atoms with E-state index in [4.69, 9.17) is 0 Å². The van der Waals surface area contributed by atoms with Crippen LogP contribution in [0.1, 0.15) is 43.9 Å². The van der Waals surface area contributed by atoms with Crippen LogP contribution in [0.5, 0.6) is 0 Å². The highest BCUT2D eigenvalue weighted by Crippen LogP contribution is 2.30. The molecular formula is C22H27N5O2S2. The Bertz CT molecular complexity index is 1180. The summed E-state index contributed by atoms with van der Waals surface area (Å²) in [5, 5.41) is 4.32. The second-order valence-corrected chi connectivity index (χ2v) is 10.1. The van der Waals surface area contributed by atoms with E-state index >= 15 is 0 Å². The molecule has 164 valence electrons. The van der Waals surface area contributed by atoms with E-state index in [0.717, 1.165) is 42.3 Å². The van der Waals surface area contributed by atoms with Gasteiger partial charge in [-0.15, -0.1) is 0 Å². The third-order valence-electron chi connectivity index (χ3n) is 5.43. The van der Waals surface area contributed by atoms with Gasteiger partial charge >= 0.3 is 0 Å². The van der Waals surface area contributed by atoms with E-state index in [1.54, 1.807) is 4.57 Å². The first-order valence-corrected chi connectivity index (χ1v) is 12.3. The molecule has 7 nitrogen and oxygen atoms in total. The number of carbonyl (C=O) groups excluding carboxylic acids is 1. The number of fused-ring (bicyclic) bond motifs is 1. The van der Waals surface area contributed by atoms with Gasteiger partial charge in [0.2, 0.25) is 5.91 Å².